The molecule has 1 fully saturated rings. The van der Waals surface area contributed by atoms with Gasteiger partial charge < -0.3 is 14.8 Å². The molecule has 1 aromatic heterocycles. The summed E-state index contributed by atoms with van der Waals surface area (Å²) >= 11 is 0. The van der Waals surface area contributed by atoms with Gasteiger partial charge in [-0.3, -0.25) is 9.59 Å². The third-order valence-corrected chi connectivity index (χ3v) is 6.12. The van der Waals surface area contributed by atoms with Crippen molar-refractivity contribution in [2.24, 2.45) is 0 Å². The fraction of sp³-hybridized carbons (Fsp3) is 0.214. The molecule has 0 spiro atoms. The SMILES string of the molecule is CCN1CCN(C(=O)c2ccc3[nH]cc(C(=O)c4ccc(F)cc4)c3c2)CC1.Fc1ccccc1. The highest BCUT2D eigenvalue weighted by molar-refractivity contribution is 6.17. The Bertz CT molecular complexity index is 1300. The average Bonchev–Trinajstić information content (AvgIpc) is 3.32. The summed E-state index contributed by atoms with van der Waals surface area (Å²) in [4.78, 5) is 33.0. The maximum atomic E-state index is 13.1. The number of hydrogen-bond donors (Lipinski definition) is 1. The number of ketones is 1. The highest BCUT2D eigenvalue weighted by atomic mass is 19.1. The van der Waals surface area contributed by atoms with Gasteiger partial charge >= 0.3 is 0 Å². The molecule has 5 nitrogen and oxygen atoms in total. The summed E-state index contributed by atoms with van der Waals surface area (Å²) in [6.07, 6.45) is 1.64. The van der Waals surface area contributed by atoms with E-state index in [1.54, 1.807) is 36.5 Å². The number of aromatic nitrogens is 1. The lowest BCUT2D eigenvalue weighted by molar-refractivity contribution is 0.0643. The maximum absolute atomic E-state index is 13.1. The predicted octanol–water partition coefficient (Wildman–Crippen LogP) is 5.14. The molecule has 5 rings (SSSR count). The molecule has 0 aliphatic carbocycles. The molecule has 0 bridgehead atoms. The van der Waals surface area contributed by atoms with Crippen molar-refractivity contribution in [3.8, 4) is 0 Å². The molecular weight excluding hydrogens is 448 g/mol. The van der Waals surface area contributed by atoms with E-state index in [4.69, 9.17) is 0 Å². The van der Waals surface area contributed by atoms with Crippen molar-refractivity contribution in [3.05, 3.63) is 107 Å². The summed E-state index contributed by atoms with van der Waals surface area (Å²) in [5.41, 5.74) is 2.25. The van der Waals surface area contributed by atoms with Crippen molar-refractivity contribution < 1.29 is 18.4 Å². The van der Waals surface area contributed by atoms with Gasteiger partial charge in [-0.2, -0.15) is 0 Å². The second-order valence-corrected chi connectivity index (χ2v) is 8.32. The van der Waals surface area contributed by atoms with Crippen molar-refractivity contribution in [2.45, 2.75) is 6.92 Å². The van der Waals surface area contributed by atoms with Crippen LogP contribution in [0, 0.1) is 11.6 Å². The van der Waals surface area contributed by atoms with Crippen LogP contribution in [0.4, 0.5) is 8.78 Å². The van der Waals surface area contributed by atoms with Gasteiger partial charge in [-0.05, 0) is 61.1 Å². The maximum Gasteiger partial charge on any atom is 0.253 e. The van der Waals surface area contributed by atoms with E-state index in [9.17, 15) is 18.4 Å². The first kappa shape index (κ1) is 24.3. The van der Waals surface area contributed by atoms with E-state index in [0.717, 1.165) is 25.2 Å². The van der Waals surface area contributed by atoms with Crippen LogP contribution in [0.25, 0.3) is 10.9 Å². The van der Waals surface area contributed by atoms with E-state index in [1.165, 1.54) is 36.4 Å². The van der Waals surface area contributed by atoms with Crippen LogP contribution in [0.1, 0.15) is 33.2 Å². The minimum absolute atomic E-state index is 0.0148. The Hall–Kier alpha value is -3.84. The van der Waals surface area contributed by atoms with Crippen LogP contribution in [0.2, 0.25) is 0 Å². The molecule has 180 valence electrons. The van der Waals surface area contributed by atoms with Gasteiger partial charge in [0.05, 0.1) is 0 Å². The first-order chi connectivity index (χ1) is 17.0. The Morgan fingerprint density at radius 3 is 2.06 bits per heavy atom. The predicted molar refractivity (Wildman–Crippen MR) is 133 cm³/mol. The van der Waals surface area contributed by atoms with Gasteiger partial charge in [0.15, 0.2) is 5.78 Å². The largest absolute Gasteiger partial charge is 0.360 e. The van der Waals surface area contributed by atoms with E-state index in [0.29, 0.717) is 35.2 Å². The molecule has 35 heavy (non-hydrogen) atoms. The molecule has 4 aromatic rings. The zero-order chi connectivity index (χ0) is 24.8. The summed E-state index contributed by atoms with van der Waals surface area (Å²) in [6.45, 7) is 6.29. The second-order valence-electron chi connectivity index (χ2n) is 8.32. The van der Waals surface area contributed by atoms with Crippen molar-refractivity contribution in [1.82, 2.24) is 14.8 Å². The van der Waals surface area contributed by atoms with Crippen LogP contribution in [-0.2, 0) is 0 Å². The third-order valence-electron chi connectivity index (χ3n) is 6.12. The van der Waals surface area contributed by atoms with E-state index in [-0.39, 0.29) is 23.3 Å². The molecule has 2 heterocycles. The number of H-pyrrole nitrogens is 1. The van der Waals surface area contributed by atoms with Crippen LogP contribution in [-0.4, -0.2) is 59.2 Å². The number of aromatic amines is 1. The van der Waals surface area contributed by atoms with Gasteiger partial charge in [-0.25, -0.2) is 8.78 Å². The first-order valence-electron chi connectivity index (χ1n) is 11.6. The van der Waals surface area contributed by atoms with Gasteiger partial charge in [-0.15, -0.1) is 0 Å². The number of piperazine rings is 1. The molecule has 1 N–H and O–H groups in total. The minimum Gasteiger partial charge on any atom is -0.360 e. The first-order valence-corrected chi connectivity index (χ1v) is 11.6. The number of nitrogens with one attached hydrogen (secondary N) is 1. The molecule has 1 amide bonds. The molecule has 1 aliphatic heterocycles. The minimum atomic E-state index is -0.383. The number of carbonyl (C=O) groups is 2. The van der Waals surface area contributed by atoms with E-state index in [2.05, 4.69) is 16.8 Å². The monoisotopic (exact) mass is 475 g/mol. The highest BCUT2D eigenvalue weighted by Crippen LogP contribution is 2.24. The number of carbonyl (C=O) groups excluding carboxylic acids is 2. The van der Waals surface area contributed by atoms with Crippen molar-refractivity contribution in [1.29, 1.82) is 0 Å². The fourth-order valence-corrected chi connectivity index (χ4v) is 4.06. The standard InChI is InChI=1S/C22H22FN3O2.C6H5F/c1-2-25-9-11-26(12-10-25)22(28)16-5-8-20-18(13-16)19(14-24-20)21(27)15-3-6-17(23)7-4-15;7-6-4-2-1-3-5-6/h3-8,13-14,24H,2,9-12H2,1H3;1-5H. The Labute approximate surface area is 203 Å². The smallest absolute Gasteiger partial charge is 0.253 e. The molecular formula is C28H27F2N3O2. The van der Waals surface area contributed by atoms with Gasteiger partial charge in [0.25, 0.3) is 5.91 Å². The third kappa shape index (κ3) is 5.81. The topological polar surface area (TPSA) is 56.4 Å². The number of fused-ring (bicyclic) bond motifs is 1. The summed E-state index contributed by atoms with van der Waals surface area (Å²) < 4.78 is 25.1. The van der Waals surface area contributed by atoms with E-state index >= 15 is 0 Å². The fourth-order valence-electron chi connectivity index (χ4n) is 4.06. The zero-order valence-electron chi connectivity index (χ0n) is 19.5. The zero-order valence-corrected chi connectivity index (χ0v) is 19.5. The molecule has 0 atom stereocenters. The lowest BCUT2D eigenvalue weighted by atomic mass is 10.0. The van der Waals surface area contributed by atoms with Crippen molar-refractivity contribution >= 4 is 22.6 Å². The van der Waals surface area contributed by atoms with Crippen molar-refractivity contribution in [2.75, 3.05) is 32.7 Å². The van der Waals surface area contributed by atoms with E-state index in [1.807, 2.05) is 11.0 Å². The van der Waals surface area contributed by atoms with Crippen LogP contribution in [0.5, 0.6) is 0 Å². The Morgan fingerprint density at radius 1 is 0.829 bits per heavy atom. The van der Waals surface area contributed by atoms with Crippen LogP contribution in [0.15, 0.2) is 79.0 Å². The number of benzene rings is 3. The summed E-state index contributed by atoms with van der Waals surface area (Å²) in [5.74, 6) is -0.777. The van der Waals surface area contributed by atoms with Gasteiger partial charge in [0, 0.05) is 60.0 Å². The van der Waals surface area contributed by atoms with Gasteiger partial charge in [-0.1, -0.05) is 25.1 Å². The molecule has 1 aliphatic rings. The molecule has 3 aromatic carbocycles. The molecule has 1 saturated heterocycles. The number of halogens is 2. The molecule has 7 heteroatoms. The Morgan fingerprint density at radius 2 is 1.46 bits per heavy atom. The number of nitrogens with zero attached hydrogens (tertiary/aromatic N) is 2. The van der Waals surface area contributed by atoms with Crippen LogP contribution in [0.3, 0.4) is 0 Å². The molecule has 0 unspecified atom stereocenters. The number of likely N-dealkylation sites (N-methyl/N-ethyl adjacent to an activating group) is 1. The normalized spacial score (nSPS) is 13.9. The summed E-state index contributed by atoms with van der Waals surface area (Å²) in [5, 5.41) is 0.701. The van der Waals surface area contributed by atoms with Gasteiger partial charge in [0.1, 0.15) is 11.6 Å². The number of amides is 1. The number of hydrogen-bond acceptors (Lipinski definition) is 3. The van der Waals surface area contributed by atoms with Gasteiger partial charge in [0.2, 0.25) is 0 Å². The van der Waals surface area contributed by atoms with Crippen LogP contribution < -0.4 is 0 Å². The summed E-state index contributed by atoms with van der Waals surface area (Å²) in [7, 11) is 0. The van der Waals surface area contributed by atoms with Crippen LogP contribution >= 0.6 is 0 Å². The van der Waals surface area contributed by atoms with Crippen molar-refractivity contribution in [3.63, 3.8) is 0 Å². The highest BCUT2D eigenvalue weighted by Gasteiger charge is 2.22. The Kier molecular flexibility index (Phi) is 7.67. The average molecular weight is 476 g/mol. The number of rotatable bonds is 4. The molecule has 0 radical (unpaired) electrons. The second kappa shape index (κ2) is 11.1. The summed E-state index contributed by atoms with van der Waals surface area (Å²) in [6, 6.07) is 18.8. The quantitative estimate of drug-likeness (QED) is 0.416. The lowest BCUT2D eigenvalue weighted by Crippen LogP contribution is -2.48. The molecule has 0 saturated carbocycles. The lowest BCUT2D eigenvalue weighted by Gasteiger charge is -2.34. The van der Waals surface area contributed by atoms with E-state index < -0.39 is 0 Å². The Balaban J connectivity index is 0.000000356.